The Morgan fingerprint density at radius 2 is 0.721 bits per heavy atom. The molecule has 4 aromatic carbocycles. The molecule has 0 N–H and O–H groups in total. The van der Waals surface area contributed by atoms with Gasteiger partial charge in [0.15, 0.2) is 38.0 Å². The Morgan fingerprint density at radius 3 is 0.930 bits per heavy atom. The van der Waals surface area contributed by atoms with Gasteiger partial charge >= 0.3 is 0 Å². The molecule has 0 saturated heterocycles. The number of rotatable bonds is 7. The van der Waals surface area contributed by atoms with Gasteiger partial charge in [-0.15, -0.1) is 0 Å². The quantitative estimate of drug-likeness (QED) is 0.0668. The van der Waals surface area contributed by atoms with Crippen molar-refractivity contribution < 1.29 is 34.9 Å². The predicted molar refractivity (Wildman–Crippen MR) is 158 cm³/mol. The summed E-state index contributed by atoms with van der Waals surface area (Å²) in [5.74, 6) is -11.1. The Balaban J connectivity index is 0.000000285. The fraction of sp³-hybridized carbons (Fsp3) is 0.273. The van der Waals surface area contributed by atoms with Crippen molar-refractivity contribution >= 4 is 21.0 Å². The van der Waals surface area contributed by atoms with E-state index in [1.54, 1.807) is 0 Å². The molecule has 3 nitrogen and oxygen atoms in total. The molecule has 0 atom stereocenters. The Bertz CT molecular complexity index is 1500. The van der Waals surface area contributed by atoms with Crippen molar-refractivity contribution in [1.82, 2.24) is 0 Å². The van der Waals surface area contributed by atoms with Crippen molar-refractivity contribution in [3.8, 4) is 0 Å². The predicted octanol–water partition coefficient (Wildman–Crippen LogP) is 9.44. The van der Waals surface area contributed by atoms with E-state index in [4.69, 9.17) is 0 Å². The summed E-state index contributed by atoms with van der Waals surface area (Å²) in [5, 5.41) is 0. The van der Waals surface area contributed by atoms with E-state index in [0.717, 1.165) is 0 Å². The normalized spacial score (nSPS) is 11.8. The first-order valence-corrected chi connectivity index (χ1v) is 16.2. The van der Waals surface area contributed by atoms with Gasteiger partial charge in [0, 0.05) is 0 Å². The van der Waals surface area contributed by atoms with Crippen LogP contribution >= 0.6 is 0 Å². The molecule has 0 aliphatic rings. The third kappa shape index (κ3) is 8.04. The zero-order chi connectivity index (χ0) is 32.2. The molecular weight excluding hydrogens is 603 g/mol. The van der Waals surface area contributed by atoms with Gasteiger partial charge in [-0.1, -0.05) is 77.9 Å². The highest BCUT2D eigenvalue weighted by Crippen LogP contribution is 2.34. The lowest BCUT2D eigenvalue weighted by Gasteiger charge is -2.12. The molecule has 0 spiro atoms. The third-order valence-electron chi connectivity index (χ3n) is 6.77. The van der Waals surface area contributed by atoms with Gasteiger partial charge in [-0.3, -0.25) is 0 Å². The highest BCUT2D eigenvalue weighted by atomic mass is 32.2. The Labute approximate surface area is 252 Å². The summed E-state index contributed by atoms with van der Waals surface area (Å²) < 4.78 is 92.9. The summed E-state index contributed by atoms with van der Waals surface area (Å²) in [5.41, 5.74) is 4.20. The van der Waals surface area contributed by atoms with Gasteiger partial charge in [-0.25, -0.2) is 30.4 Å². The van der Waals surface area contributed by atoms with Crippen molar-refractivity contribution in [2.24, 2.45) is 0 Å². The second kappa shape index (κ2) is 14.1. The van der Waals surface area contributed by atoms with Crippen LogP contribution in [-0.2, 0) is 21.0 Å². The van der Waals surface area contributed by atoms with Crippen LogP contribution in [0.15, 0.2) is 92.4 Å². The zero-order valence-corrected chi connectivity index (χ0v) is 26.2. The first-order valence-electron chi connectivity index (χ1n) is 13.6. The van der Waals surface area contributed by atoms with Crippen LogP contribution in [0.3, 0.4) is 0 Å². The zero-order valence-electron chi connectivity index (χ0n) is 24.6. The van der Waals surface area contributed by atoms with E-state index in [2.05, 4.69) is 114 Å². The van der Waals surface area contributed by atoms with Crippen molar-refractivity contribution in [3.05, 3.63) is 119 Å². The molecule has 0 saturated carbocycles. The average molecular weight is 637 g/mol. The van der Waals surface area contributed by atoms with E-state index in [1.165, 1.54) is 31.4 Å². The number of hydrogen-bond acceptors (Lipinski definition) is 3. The number of benzene rings is 4. The fourth-order valence-corrected chi connectivity index (χ4v) is 6.84. The molecule has 0 aliphatic carbocycles. The van der Waals surface area contributed by atoms with E-state index in [-0.39, 0.29) is 10.9 Å². The van der Waals surface area contributed by atoms with Crippen molar-refractivity contribution in [2.75, 3.05) is 0 Å². The molecule has 0 amide bonds. The van der Waals surface area contributed by atoms with Gasteiger partial charge in [0.1, 0.15) is 15.0 Å². The lowest BCUT2D eigenvalue weighted by Crippen LogP contribution is -2.12. The summed E-state index contributed by atoms with van der Waals surface area (Å²) in [6.07, 6.45) is 0. The highest BCUT2D eigenvalue weighted by molar-refractivity contribution is 7.97. The van der Waals surface area contributed by atoms with E-state index in [0.29, 0.717) is 17.8 Å². The van der Waals surface area contributed by atoms with Crippen molar-refractivity contribution in [2.45, 2.75) is 78.9 Å². The topological polar surface area (TPSA) is 57.2 Å². The van der Waals surface area contributed by atoms with Crippen molar-refractivity contribution in [3.63, 3.8) is 0 Å². The summed E-state index contributed by atoms with van der Waals surface area (Å²) >= 11 is 0. The second-order valence-corrected chi connectivity index (χ2v) is 14.2. The minimum Gasteiger partial charge on any atom is -0.744 e. The lowest BCUT2D eigenvalue weighted by atomic mass is 10.0. The van der Waals surface area contributed by atoms with Gasteiger partial charge in [-0.05, 0) is 70.8 Å². The summed E-state index contributed by atoms with van der Waals surface area (Å²) in [7, 11) is -5.85. The van der Waals surface area contributed by atoms with Crippen LogP contribution in [0.2, 0.25) is 0 Å². The Hall–Kier alpha value is -3.21. The fourth-order valence-electron chi connectivity index (χ4n) is 4.18. The SMILES string of the molecule is CC(C)c1ccc([S+](c2ccc(C(C)C)cc2)c2ccc(C(C)C)cc2)cc1.O=S(=O)([O-])c1c(F)c(F)c(F)c(F)c1F. The van der Waals surface area contributed by atoms with E-state index >= 15 is 0 Å². The highest BCUT2D eigenvalue weighted by Gasteiger charge is 2.30. The molecule has 43 heavy (non-hydrogen) atoms. The number of halogens is 5. The van der Waals surface area contributed by atoms with E-state index in [1.807, 2.05) is 0 Å². The molecule has 0 aromatic heterocycles. The number of hydrogen-bond donors (Lipinski definition) is 0. The van der Waals surface area contributed by atoms with Crippen LogP contribution in [-0.4, -0.2) is 13.0 Å². The molecule has 0 radical (unpaired) electrons. The lowest BCUT2D eigenvalue weighted by molar-refractivity contribution is 0.350. The van der Waals surface area contributed by atoms with Crippen LogP contribution in [0.5, 0.6) is 0 Å². The molecule has 0 bridgehead atoms. The van der Waals surface area contributed by atoms with Gasteiger partial charge in [0.2, 0.25) is 5.82 Å². The Morgan fingerprint density at radius 1 is 0.488 bits per heavy atom. The molecule has 0 unspecified atom stereocenters. The summed E-state index contributed by atoms with van der Waals surface area (Å²) in [6.45, 7) is 13.5. The minimum absolute atomic E-state index is 0.0791. The minimum atomic E-state index is -5.77. The largest absolute Gasteiger partial charge is 0.744 e. The van der Waals surface area contributed by atoms with E-state index < -0.39 is 44.1 Å². The average Bonchev–Trinajstić information content (AvgIpc) is 2.96. The maximum absolute atomic E-state index is 12.6. The van der Waals surface area contributed by atoms with Gasteiger partial charge in [-0.2, -0.15) is 0 Å². The maximum Gasteiger partial charge on any atom is 0.200 e. The van der Waals surface area contributed by atoms with E-state index in [9.17, 15) is 34.9 Å². The van der Waals surface area contributed by atoms with Gasteiger partial charge < -0.3 is 4.55 Å². The van der Waals surface area contributed by atoms with Crippen LogP contribution < -0.4 is 0 Å². The van der Waals surface area contributed by atoms with Gasteiger partial charge in [0.05, 0.1) is 10.9 Å². The molecule has 0 fully saturated rings. The molecule has 230 valence electrons. The standard InChI is InChI=1S/C27H33S.C6HF5O3S/c1-19(2)22-7-13-25(14-8-22)28(26-15-9-23(10-16-26)20(3)4)27-17-11-24(12-18-27)21(5)6;7-1-2(8)4(10)6(15(12,13)14)5(11)3(1)9/h7-21H,1-6H3;(H,12,13,14)/q+1;/p-1. The van der Waals surface area contributed by atoms with Gasteiger partial charge in [0.25, 0.3) is 0 Å². The maximum atomic E-state index is 12.6. The van der Waals surface area contributed by atoms with Crippen LogP contribution in [0, 0.1) is 29.1 Å². The monoisotopic (exact) mass is 636 g/mol. The summed E-state index contributed by atoms with van der Waals surface area (Å²) in [6, 6.07) is 27.7. The summed E-state index contributed by atoms with van der Waals surface area (Å²) in [4.78, 5) is 1.79. The Kier molecular flexibility index (Phi) is 11.2. The molecule has 4 rings (SSSR count). The van der Waals surface area contributed by atoms with Crippen LogP contribution in [0.1, 0.15) is 76.0 Å². The van der Waals surface area contributed by atoms with Crippen molar-refractivity contribution in [1.29, 1.82) is 0 Å². The smallest absolute Gasteiger partial charge is 0.200 e. The third-order valence-corrected chi connectivity index (χ3v) is 9.86. The van der Waals surface area contributed by atoms with Crippen LogP contribution in [0.25, 0.3) is 0 Å². The second-order valence-electron chi connectivity index (χ2n) is 10.8. The molecule has 0 heterocycles. The molecular formula is C33H33F5O3S2. The van der Waals surface area contributed by atoms with Crippen LogP contribution in [0.4, 0.5) is 22.0 Å². The molecule has 0 aliphatic heterocycles. The molecule has 4 aromatic rings. The molecule has 10 heteroatoms. The first-order chi connectivity index (χ1) is 20.0. The first kappa shape index (κ1) is 34.3.